The maximum Gasteiger partial charge on any atom is 0.195 e. The zero-order valence-electron chi connectivity index (χ0n) is 12.9. The summed E-state index contributed by atoms with van der Waals surface area (Å²) in [4.78, 5) is 8.42. The van der Waals surface area contributed by atoms with Crippen molar-refractivity contribution in [1.82, 2.24) is 9.97 Å². The highest BCUT2D eigenvalue weighted by molar-refractivity contribution is 6.11. The van der Waals surface area contributed by atoms with Crippen molar-refractivity contribution in [2.75, 3.05) is 0 Å². The fourth-order valence-electron chi connectivity index (χ4n) is 3.04. The summed E-state index contributed by atoms with van der Waals surface area (Å²) in [5.74, 6) is -6.63. The number of benzene rings is 1. The predicted octanol–water partition coefficient (Wildman–Crippen LogP) is 4.50. The van der Waals surface area contributed by atoms with Crippen molar-refractivity contribution in [3.8, 4) is 17.5 Å². The topological polar surface area (TPSA) is 49.6 Å². The van der Waals surface area contributed by atoms with E-state index >= 15 is 0 Å². The van der Waals surface area contributed by atoms with E-state index in [2.05, 4.69) is 9.97 Å². The molecule has 0 atom stereocenters. The molecule has 2 aromatic heterocycles. The van der Waals surface area contributed by atoms with Crippen molar-refractivity contribution in [3.05, 3.63) is 82.7 Å². The van der Waals surface area contributed by atoms with E-state index in [0.717, 1.165) is 0 Å². The number of halogens is 4. The van der Waals surface area contributed by atoms with Crippen LogP contribution in [0.25, 0.3) is 22.5 Å². The molecule has 0 saturated carbocycles. The standard InChI is InChI=1S/C19H7F4N3/c20-12-7-13(21)16(22)17(23)15(12)11(8-24)14-9-3-1-5-25-18(9)19-10(14)4-2-6-26-19/h1-7H. The van der Waals surface area contributed by atoms with E-state index < -0.39 is 34.4 Å². The van der Waals surface area contributed by atoms with Crippen LogP contribution in [0.15, 0.2) is 42.7 Å². The van der Waals surface area contributed by atoms with Crippen molar-refractivity contribution >= 4 is 11.1 Å². The van der Waals surface area contributed by atoms with E-state index in [9.17, 15) is 22.8 Å². The molecule has 0 spiro atoms. The number of nitriles is 1. The molecule has 1 aliphatic carbocycles. The Morgan fingerprint density at radius 2 is 1.42 bits per heavy atom. The number of allylic oxidation sites excluding steroid dienone is 1. The summed E-state index contributed by atoms with van der Waals surface area (Å²) < 4.78 is 55.5. The Balaban J connectivity index is 2.15. The molecule has 0 bridgehead atoms. The number of aromatic nitrogens is 2. The van der Waals surface area contributed by atoms with Crippen LogP contribution in [0.2, 0.25) is 0 Å². The Labute approximate surface area is 144 Å². The maximum absolute atomic E-state index is 14.3. The third kappa shape index (κ3) is 2.12. The van der Waals surface area contributed by atoms with Gasteiger partial charge in [-0.3, -0.25) is 9.97 Å². The van der Waals surface area contributed by atoms with Gasteiger partial charge in [-0.2, -0.15) is 5.26 Å². The van der Waals surface area contributed by atoms with Crippen LogP contribution in [0.3, 0.4) is 0 Å². The first kappa shape index (κ1) is 16.0. The van der Waals surface area contributed by atoms with Gasteiger partial charge in [0, 0.05) is 35.2 Å². The van der Waals surface area contributed by atoms with Gasteiger partial charge in [-0.15, -0.1) is 0 Å². The highest BCUT2D eigenvalue weighted by atomic mass is 19.2. The molecular formula is C19H7F4N3. The third-order valence-corrected chi connectivity index (χ3v) is 4.10. The average Bonchev–Trinajstić information content (AvgIpc) is 2.98. The zero-order valence-corrected chi connectivity index (χ0v) is 12.9. The normalized spacial score (nSPS) is 11.7. The minimum Gasteiger partial charge on any atom is -0.254 e. The van der Waals surface area contributed by atoms with E-state index in [0.29, 0.717) is 22.5 Å². The average molecular weight is 353 g/mol. The summed E-state index contributed by atoms with van der Waals surface area (Å²) in [5, 5.41) is 9.60. The largest absolute Gasteiger partial charge is 0.254 e. The maximum atomic E-state index is 14.3. The summed E-state index contributed by atoms with van der Waals surface area (Å²) >= 11 is 0. The monoisotopic (exact) mass is 353 g/mol. The molecule has 3 nitrogen and oxygen atoms in total. The van der Waals surface area contributed by atoms with Crippen LogP contribution >= 0.6 is 0 Å². The van der Waals surface area contributed by atoms with E-state index in [1.807, 2.05) is 0 Å². The molecule has 0 aliphatic heterocycles. The molecule has 0 fully saturated rings. The van der Waals surface area contributed by atoms with Crippen LogP contribution in [0.4, 0.5) is 17.6 Å². The molecule has 2 heterocycles. The summed E-state index contributed by atoms with van der Waals surface area (Å²) in [6.45, 7) is 0. The molecule has 0 N–H and O–H groups in total. The molecule has 1 aliphatic rings. The number of rotatable bonds is 1. The van der Waals surface area contributed by atoms with Crippen molar-refractivity contribution in [1.29, 1.82) is 5.26 Å². The minimum absolute atomic E-state index is 0.169. The summed E-state index contributed by atoms with van der Waals surface area (Å²) in [6, 6.07) is 8.37. The lowest BCUT2D eigenvalue weighted by molar-refractivity contribution is 0.432. The van der Waals surface area contributed by atoms with Gasteiger partial charge >= 0.3 is 0 Å². The Bertz CT molecular complexity index is 1100. The fourth-order valence-corrected chi connectivity index (χ4v) is 3.04. The molecule has 3 aromatic rings. The Kier molecular flexibility index (Phi) is 3.55. The molecule has 4 rings (SSSR count). The lowest BCUT2D eigenvalue weighted by Crippen LogP contribution is -2.03. The van der Waals surface area contributed by atoms with Crippen molar-refractivity contribution in [2.24, 2.45) is 0 Å². The highest BCUT2D eigenvalue weighted by Crippen LogP contribution is 2.45. The minimum atomic E-state index is -1.84. The predicted molar refractivity (Wildman–Crippen MR) is 85.3 cm³/mol. The Hall–Kier alpha value is -3.53. The quantitative estimate of drug-likeness (QED) is 0.219. The second kappa shape index (κ2) is 5.77. The van der Waals surface area contributed by atoms with Crippen LogP contribution in [0.1, 0.15) is 16.7 Å². The van der Waals surface area contributed by atoms with Crippen LogP contribution in [-0.4, -0.2) is 9.97 Å². The van der Waals surface area contributed by atoms with Gasteiger partial charge in [-0.05, 0) is 12.1 Å². The van der Waals surface area contributed by atoms with Crippen LogP contribution in [0, 0.1) is 34.6 Å². The number of hydrogen-bond donors (Lipinski definition) is 0. The molecule has 26 heavy (non-hydrogen) atoms. The Morgan fingerprint density at radius 1 is 0.846 bits per heavy atom. The molecule has 0 saturated heterocycles. The van der Waals surface area contributed by atoms with E-state index in [1.54, 1.807) is 30.3 Å². The smallest absolute Gasteiger partial charge is 0.195 e. The number of hydrogen-bond acceptors (Lipinski definition) is 3. The van der Waals surface area contributed by atoms with Gasteiger partial charge < -0.3 is 0 Å². The number of fused-ring (bicyclic) bond motifs is 3. The summed E-state index contributed by atoms with van der Waals surface area (Å²) in [6.07, 6.45) is 3.04. The van der Waals surface area contributed by atoms with Crippen LogP contribution < -0.4 is 0 Å². The first-order chi connectivity index (χ1) is 12.5. The van der Waals surface area contributed by atoms with E-state index in [-0.39, 0.29) is 11.6 Å². The first-order valence-corrected chi connectivity index (χ1v) is 7.43. The van der Waals surface area contributed by atoms with Gasteiger partial charge in [0.1, 0.15) is 11.9 Å². The van der Waals surface area contributed by atoms with Gasteiger partial charge in [0.05, 0.1) is 22.5 Å². The lowest BCUT2D eigenvalue weighted by atomic mass is 9.93. The lowest BCUT2D eigenvalue weighted by Gasteiger charge is -2.10. The molecule has 0 unspecified atom stereocenters. The van der Waals surface area contributed by atoms with Gasteiger partial charge in [0.2, 0.25) is 0 Å². The summed E-state index contributed by atoms with van der Waals surface area (Å²) in [5.41, 5.74) is 0.529. The van der Waals surface area contributed by atoms with Crippen molar-refractivity contribution < 1.29 is 17.6 Å². The Morgan fingerprint density at radius 3 is 1.96 bits per heavy atom. The van der Waals surface area contributed by atoms with Crippen molar-refractivity contribution in [2.45, 2.75) is 0 Å². The second-order valence-corrected chi connectivity index (χ2v) is 5.50. The van der Waals surface area contributed by atoms with Crippen LogP contribution in [0.5, 0.6) is 0 Å². The number of pyridine rings is 2. The van der Waals surface area contributed by atoms with E-state index in [4.69, 9.17) is 0 Å². The molecule has 126 valence electrons. The van der Waals surface area contributed by atoms with Crippen LogP contribution in [-0.2, 0) is 0 Å². The number of nitrogens with zero attached hydrogens (tertiary/aromatic N) is 3. The van der Waals surface area contributed by atoms with Gasteiger partial charge in [0.25, 0.3) is 0 Å². The highest BCUT2D eigenvalue weighted by Gasteiger charge is 2.32. The van der Waals surface area contributed by atoms with Gasteiger partial charge in [-0.25, -0.2) is 17.6 Å². The van der Waals surface area contributed by atoms with Crippen molar-refractivity contribution in [3.63, 3.8) is 0 Å². The third-order valence-electron chi connectivity index (χ3n) is 4.10. The molecule has 7 heteroatoms. The SMILES string of the molecule is N#CC(=C1c2cccnc2-c2ncccc21)c1c(F)cc(F)c(F)c1F. The van der Waals surface area contributed by atoms with Gasteiger partial charge in [-0.1, -0.05) is 12.1 Å². The first-order valence-electron chi connectivity index (χ1n) is 7.43. The van der Waals surface area contributed by atoms with E-state index in [1.165, 1.54) is 12.4 Å². The molecular weight excluding hydrogens is 346 g/mol. The fraction of sp³-hybridized carbons (Fsp3) is 0. The van der Waals surface area contributed by atoms with Gasteiger partial charge in [0.15, 0.2) is 17.5 Å². The molecule has 0 amide bonds. The second-order valence-electron chi connectivity index (χ2n) is 5.50. The summed E-state index contributed by atoms with van der Waals surface area (Å²) in [7, 11) is 0. The molecule has 0 radical (unpaired) electrons. The zero-order chi connectivity index (χ0) is 18.4. The molecule has 1 aromatic carbocycles.